The SMILES string of the molecule is C[C@H](CCC(=O)O[C@H](C)[C@H](NC(=O)Nc1ncnc2[nH][nH]c12)C(=O)O)O[C@H]1OC2C[C@H]2C[C@H]1O. The maximum Gasteiger partial charge on any atom is 0.330 e. The van der Waals surface area contributed by atoms with Crippen LogP contribution in [0.15, 0.2) is 6.33 Å². The van der Waals surface area contributed by atoms with Crippen molar-refractivity contribution in [2.24, 2.45) is 5.92 Å². The lowest BCUT2D eigenvalue weighted by molar-refractivity contribution is -0.237. The minimum absolute atomic E-state index is 0.0371. The molecular formula is C20H28N6O8. The second kappa shape index (κ2) is 9.95. The van der Waals surface area contributed by atoms with Crippen LogP contribution in [-0.2, 0) is 23.8 Å². The zero-order chi connectivity index (χ0) is 24.4. The van der Waals surface area contributed by atoms with E-state index in [0.29, 0.717) is 23.5 Å². The van der Waals surface area contributed by atoms with Crippen LogP contribution in [0.5, 0.6) is 0 Å². The Balaban J connectivity index is 1.21. The number of rotatable bonds is 10. The summed E-state index contributed by atoms with van der Waals surface area (Å²) in [5.74, 6) is -1.45. The number of nitrogens with one attached hydrogen (secondary N) is 4. The Morgan fingerprint density at radius 3 is 2.76 bits per heavy atom. The number of aliphatic hydroxyl groups is 1. The topological polar surface area (TPSA) is 201 Å². The molecule has 2 fully saturated rings. The number of esters is 1. The molecule has 6 N–H and O–H groups in total. The van der Waals surface area contributed by atoms with Crippen LogP contribution in [0.1, 0.15) is 39.5 Å². The predicted octanol–water partition coefficient (Wildman–Crippen LogP) is 0.474. The molecule has 14 nitrogen and oxygen atoms in total. The van der Waals surface area contributed by atoms with Crippen LogP contribution < -0.4 is 10.6 Å². The van der Waals surface area contributed by atoms with Crippen molar-refractivity contribution in [3.05, 3.63) is 6.33 Å². The average Bonchev–Trinajstić information content (AvgIpc) is 3.49. The highest BCUT2D eigenvalue weighted by Crippen LogP contribution is 2.43. The number of aliphatic hydroxyl groups excluding tert-OH is 1. The highest BCUT2D eigenvalue weighted by Gasteiger charge is 2.48. The van der Waals surface area contributed by atoms with Crippen LogP contribution in [0.3, 0.4) is 0 Å². The van der Waals surface area contributed by atoms with E-state index < -0.39 is 42.5 Å². The standard InChI is InChI=1S/C20H28N6O8/c1-8(32-19-11(27)5-10-6-12(10)34-19)3-4-13(28)33-9(2)14(18(29)30)23-20(31)24-16-15-17(26-25-15)22-7-21-16/h7-12,14,19,25,27H,3-6H2,1-2H3,(H,29,30)(H3,21,22,23,24,26,31)/t8-,9-,10-,11-,12?,14+,19+/m1/s1. The number of H-pyrrole nitrogens is 2. The lowest BCUT2D eigenvalue weighted by atomic mass is 10.1. The fourth-order valence-corrected chi connectivity index (χ4v) is 3.81. The second-order valence-corrected chi connectivity index (χ2v) is 8.63. The van der Waals surface area contributed by atoms with Crippen molar-refractivity contribution < 1.29 is 38.8 Å². The molecule has 0 aromatic carbocycles. The molecule has 0 spiro atoms. The Hall–Kier alpha value is -3.23. The molecule has 3 heterocycles. The number of aromatic amines is 2. The van der Waals surface area contributed by atoms with Gasteiger partial charge in [-0.05, 0) is 39.0 Å². The van der Waals surface area contributed by atoms with Crippen molar-refractivity contribution >= 4 is 35.0 Å². The lowest BCUT2D eigenvalue weighted by Crippen LogP contribution is -2.50. The van der Waals surface area contributed by atoms with Crippen molar-refractivity contribution in [1.29, 1.82) is 0 Å². The minimum Gasteiger partial charge on any atom is -0.480 e. The lowest BCUT2D eigenvalue weighted by Gasteiger charge is -2.30. The van der Waals surface area contributed by atoms with E-state index in [9.17, 15) is 24.6 Å². The van der Waals surface area contributed by atoms with E-state index in [1.807, 2.05) is 0 Å². The largest absolute Gasteiger partial charge is 0.480 e. The number of carboxylic acids is 1. The van der Waals surface area contributed by atoms with Crippen molar-refractivity contribution in [1.82, 2.24) is 25.5 Å². The molecule has 0 bridgehead atoms. The molecule has 2 aromatic heterocycles. The molecule has 2 amide bonds. The van der Waals surface area contributed by atoms with Crippen molar-refractivity contribution in [2.75, 3.05) is 5.32 Å². The monoisotopic (exact) mass is 480 g/mol. The number of nitrogens with zero attached hydrogens (tertiary/aromatic N) is 2. The number of amides is 2. The number of aromatic nitrogens is 4. The second-order valence-electron chi connectivity index (χ2n) is 8.63. The van der Waals surface area contributed by atoms with Crippen LogP contribution >= 0.6 is 0 Å². The predicted molar refractivity (Wildman–Crippen MR) is 115 cm³/mol. The number of aliphatic carboxylic acids is 1. The first-order valence-corrected chi connectivity index (χ1v) is 11.1. The Morgan fingerprint density at radius 2 is 2.06 bits per heavy atom. The van der Waals surface area contributed by atoms with E-state index in [1.165, 1.54) is 13.3 Å². The summed E-state index contributed by atoms with van der Waals surface area (Å²) in [4.78, 5) is 44.0. The molecule has 1 aliphatic carbocycles. The number of anilines is 1. The summed E-state index contributed by atoms with van der Waals surface area (Å²) < 4.78 is 16.6. The molecule has 7 atom stereocenters. The third-order valence-corrected chi connectivity index (χ3v) is 5.87. The minimum atomic E-state index is -1.49. The van der Waals surface area contributed by atoms with Crippen molar-refractivity contribution in [3.63, 3.8) is 0 Å². The van der Waals surface area contributed by atoms with E-state index in [4.69, 9.17) is 14.2 Å². The molecule has 4 rings (SSSR count). The van der Waals surface area contributed by atoms with Gasteiger partial charge in [-0.25, -0.2) is 19.6 Å². The Bertz CT molecular complexity index is 1040. The summed E-state index contributed by atoms with van der Waals surface area (Å²) in [6.45, 7) is 3.13. The summed E-state index contributed by atoms with van der Waals surface area (Å²) in [5, 5.41) is 29.7. The Morgan fingerprint density at radius 1 is 1.26 bits per heavy atom. The maximum atomic E-state index is 12.3. The van der Waals surface area contributed by atoms with Gasteiger partial charge in [-0.15, -0.1) is 0 Å². The smallest absolute Gasteiger partial charge is 0.330 e. The number of carbonyl (C=O) groups is 3. The summed E-state index contributed by atoms with van der Waals surface area (Å²) in [6.07, 6.45) is 0.262. The van der Waals surface area contributed by atoms with Gasteiger partial charge in [0.25, 0.3) is 0 Å². The van der Waals surface area contributed by atoms with Gasteiger partial charge < -0.3 is 29.7 Å². The number of ether oxygens (including phenoxy) is 3. The van der Waals surface area contributed by atoms with Crippen molar-refractivity contribution in [3.8, 4) is 0 Å². The van der Waals surface area contributed by atoms with Gasteiger partial charge in [0.1, 0.15) is 24.1 Å². The molecule has 2 aromatic rings. The van der Waals surface area contributed by atoms with Gasteiger partial charge in [0.05, 0.1) is 12.2 Å². The number of urea groups is 1. The highest BCUT2D eigenvalue weighted by atomic mass is 16.7. The van der Waals surface area contributed by atoms with E-state index in [2.05, 4.69) is 30.8 Å². The summed E-state index contributed by atoms with van der Waals surface area (Å²) in [6, 6.07) is -2.33. The van der Waals surface area contributed by atoms with E-state index in [-0.39, 0.29) is 30.9 Å². The fourth-order valence-electron chi connectivity index (χ4n) is 3.81. The van der Waals surface area contributed by atoms with Gasteiger partial charge in [-0.2, -0.15) is 0 Å². The van der Waals surface area contributed by atoms with Gasteiger partial charge in [-0.3, -0.25) is 20.3 Å². The Kier molecular flexibility index (Phi) is 7.00. The number of fused-ring (bicyclic) bond motifs is 2. The molecular weight excluding hydrogens is 452 g/mol. The first-order valence-electron chi connectivity index (χ1n) is 11.1. The van der Waals surface area contributed by atoms with Crippen LogP contribution in [0.2, 0.25) is 0 Å². The van der Waals surface area contributed by atoms with E-state index in [1.54, 1.807) is 6.92 Å². The van der Waals surface area contributed by atoms with E-state index >= 15 is 0 Å². The van der Waals surface area contributed by atoms with Gasteiger partial charge in [0.15, 0.2) is 23.8 Å². The molecule has 34 heavy (non-hydrogen) atoms. The maximum absolute atomic E-state index is 12.3. The third kappa shape index (κ3) is 5.63. The number of hydrogen-bond acceptors (Lipinski definition) is 9. The van der Waals surface area contributed by atoms with Gasteiger partial charge in [-0.1, -0.05) is 0 Å². The zero-order valence-electron chi connectivity index (χ0n) is 18.7. The Labute approximate surface area is 193 Å². The quantitative estimate of drug-likeness (QED) is 0.260. The molecule has 2 aliphatic rings. The first-order chi connectivity index (χ1) is 16.2. The molecule has 1 saturated heterocycles. The normalized spacial score (nSPS) is 26.2. The van der Waals surface area contributed by atoms with Crippen LogP contribution in [-0.4, -0.2) is 85.1 Å². The fraction of sp³-hybridized carbons (Fsp3) is 0.650. The van der Waals surface area contributed by atoms with Gasteiger partial charge in [0.2, 0.25) is 0 Å². The molecule has 1 unspecified atom stereocenters. The highest BCUT2D eigenvalue weighted by molar-refractivity contribution is 5.97. The molecule has 1 aliphatic heterocycles. The summed E-state index contributed by atoms with van der Waals surface area (Å²) in [7, 11) is 0. The molecule has 1 saturated carbocycles. The van der Waals surface area contributed by atoms with E-state index in [0.717, 1.165) is 6.42 Å². The average molecular weight is 480 g/mol. The third-order valence-electron chi connectivity index (χ3n) is 5.87. The van der Waals surface area contributed by atoms with Crippen LogP contribution in [0.4, 0.5) is 10.6 Å². The van der Waals surface area contributed by atoms with Gasteiger partial charge in [0, 0.05) is 6.42 Å². The van der Waals surface area contributed by atoms with Gasteiger partial charge >= 0.3 is 18.0 Å². The number of hydrogen-bond donors (Lipinski definition) is 6. The first kappa shape index (κ1) is 23.9. The summed E-state index contributed by atoms with van der Waals surface area (Å²) in [5.41, 5.74) is 0.949. The molecule has 0 radical (unpaired) electrons. The number of carbonyl (C=O) groups excluding carboxylic acids is 2. The van der Waals surface area contributed by atoms with Crippen LogP contribution in [0, 0.1) is 5.92 Å². The molecule has 14 heteroatoms. The summed E-state index contributed by atoms with van der Waals surface area (Å²) >= 11 is 0. The zero-order valence-corrected chi connectivity index (χ0v) is 18.7. The molecule has 186 valence electrons. The van der Waals surface area contributed by atoms with Crippen molar-refractivity contribution in [2.45, 2.75) is 76.3 Å². The van der Waals surface area contributed by atoms with Crippen LogP contribution in [0.25, 0.3) is 11.2 Å². The number of carboxylic acid groups (broad SMARTS) is 1.